The summed E-state index contributed by atoms with van der Waals surface area (Å²) < 4.78 is 0. The molecule has 0 aliphatic heterocycles. The number of aromatic nitrogens is 3. The molecule has 0 unspecified atom stereocenters. The Balaban J connectivity index is 1.52. The van der Waals surface area contributed by atoms with Crippen molar-refractivity contribution in [1.29, 1.82) is 0 Å². The number of unbranched alkanes of at least 4 members (excludes halogenated alkanes) is 1. The number of benzene rings is 2. The zero-order chi connectivity index (χ0) is 24.4. The van der Waals surface area contributed by atoms with Crippen LogP contribution in [0.25, 0.3) is 44.6 Å². The maximum Gasteiger partial charge on any atom is 0.141 e. The van der Waals surface area contributed by atoms with E-state index >= 15 is 0 Å². The molecule has 0 spiro atoms. The van der Waals surface area contributed by atoms with Crippen molar-refractivity contribution in [2.75, 3.05) is 0 Å². The Morgan fingerprint density at radius 2 is 1.19 bits per heavy atom. The Bertz CT molecular complexity index is 1590. The number of rotatable bonds is 3. The lowest BCUT2D eigenvalue weighted by molar-refractivity contribution is 0.480. The summed E-state index contributed by atoms with van der Waals surface area (Å²) in [6.45, 7) is 2.23. The average Bonchev–Trinajstić information content (AvgIpc) is 2.89. The molecule has 0 fully saturated rings. The van der Waals surface area contributed by atoms with Crippen molar-refractivity contribution in [2.45, 2.75) is 51.9 Å². The number of para-hydroxylation sites is 2. The van der Waals surface area contributed by atoms with Crippen LogP contribution < -0.4 is 0 Å². The summed E-state index contributed by atoms with van der Waals surface area (Å²) in [6, 6.07) is 15.4. The van der Waals surface area contributed by atoms with Gasteiger partial charge < -0.3 is 10.2 Å². The Morgan fingerprint density at radius 3 is 1.69 bits per heavy atom. The molecule has 0 amide bonds. The molecule has 3 heterocycles. The first-order valence-electron chi connectivity index (χ1n) is 12.9. The molecule has 2 N–H and O–H groups in total. The summed E-state index contributed by atoms with van der Waals surface area (Å²) in [4.78, 5) is 15.2. The first kappa shape index (κ1) is 21.3. The highest BCUT2D eigenvalue weighted by Crippen LogP contribution is 2.43. The fourth-order valence-electron chi connectivity index (χ4n) is 6.06. The Hall–Kier alpha value is -3.99. The molecule has 0 bridgehead atoms. The van der Waals surface area contributed by atoms with Crippen LogP contribution in [0.1, 0.15) is 47.6 Å². The quantitative estimate of drug-likeness (QED) is 0.314. The van der Waals surface area contributed by atoms with Crippen molar-refractivity contribution in [2.24, 2.45) is 0 Å². The minimum absolute atomic E-state index is 0.195. The van der Waals surface area contributed by atoms with Gasteiger partial charge in [-0.3, -0.25) is 0 Å². The summed E-state index contributed by atoms with van der Waals surface area (Å²) in [6.07, 6.45) is 7.03. The number of phenolic OH excluding ortho intramolecular Hbond substituents is 2. The van der Waals surface area contributed by atoms with E-state index in [0.717, 1.165) is 78.5 Å². The van der Waals surface area contributed by atoms with Crippen molar-refractivity contribution in [1.82, 2.24) is 15.0 Å². The fourth-order valence-corrected chi connectivity index (χ4v) is 6.06. The number of nitrogens with zero attached hydrogens (tertiary/aromatic N) is 3. The highest BCUT2D eigenvalue weighted by atomic mass is 16.3. The summed E-state index contributed by atoms with van der Waals surface area (Å²) in [7, 11) is 0. The van der Waals surface area contributed by atoms with Gasteiger partial charge in [0.2, 0.25) is 0 Å². The van der Waals surface area contributed by atoms with Crippen molar-refractivity contribution >= 4 is 21.8 Å². The molecule has 5 aromatic rings. The van der Waals surface area contributed by atoms with Gasteiger partial charge in [0.1, 0.15) is 22.5 Å². The molecule has 36 heavy (non-hydrogen) atoms. The number of aromatic hydroxyl groups is 2. The molecule has 2 aliphatic carbocycles. The molecule has 2 aliphatic rings. The van der Waals surface area contributed by atoms with Crippen molar-refractivity contribution in [3.63, 3.8) is 0 Å². The van der Waals surface area contributed by atoms with E-state index in [0.29, 0.717) is 11.0 Å². The lowest BCUT2D eigenvalue weighted by Crippen LogP contribution is -2.18. The number of pyridine rings is 3. The van der Waals surface area contributed by atoms with Gasteiger partial charge >= 0.3 is 0 Å². The van der Waals surface area contributed by atoms with E-state index in [1.54, 1.807) is 12.1 Å². The minimum Gasteiger partial charge on any atom is -0.506 e. The maximum absolute atomic E-state index is 10.5. The first-order valence-corrected chi connectivity index (χ1v) is 12.9. The van der Waals surface area contributed by atoms with Crippen LogP contribution in [0.5, 0.6) is 11.5 Å². The van der Waals surface area contributed by atoms with Crippen molar-refractivity contribution in [3.05, 3.63) is 76.3 Å². The van der Waals surface area contributed by atoms with E-state index in [1.165, 1.54) is 27.8 Å². The van der Waals surface area contributed by atoms with Crippen LogP contribution in [0.15, 0.2) is 48.5 Å². The number of phenols is 2. The van der Waals surface area contributed by atoms with Gasteiger partial charge in [0.25, 0.3) is 0 Å². The van der Waals surface area contributed by atoms with Gasteiger partial charge in [-0.25, -0.2) is 15.0 Å². The molecular weight excluding hydrogens is 446 g/mol. The van der Waals surface area contributed by atoms with Crippen LogP contribution in [-0.2, 0) is 32.1 Å². The number of hydrogen-bond donors (Lipinski definition) is 2. The topological polar surface area (TPSA) is 79.1 Å². The van der Waals surface area contributed by atoms with Gasteiger partial charge in [0.05, 0.1) is 22.8 Å². The SMILES string of the molecule is CCCCc1c2c(nc3c1CCc1cc4cccc(O)c4nc1-3)-c1nc3c(O)cccc3cc1CC2. The van der Waals surface area contributed by atoms with Crippen LogP contribution >= 0.6 is 0 Å². The molecule has 2 aromatic carbocycles. The predicted molar refractivity (Wildman–Crippen MR) is 142 cm³/mol. The van der Waals surface area contributed by atoms with E-state index in [9.17, 15) is 10.2 Å². The third-order valence-corrected chi connectivity index (χ3v) is 7.85. The Labute approximate surface area is 209 Å². The van der Waals surface area contributed by atoms with Crippen molar-refractivity contribution < 1.29 is 10.2 Å². The van der Waals surface area contributed by atoms with Crippen molar-refractivity contribution in [3.8, 4) is 34.3 Å². The molecule has 3 aromatic heterocycles. The molecular formula is C31H27N3O2. The van der Waals surface area contributed by atoms with E-state index in [4.69, 9.17) is 15.0 Å². The number of aryl methyl sites for hydroxylation is 2. The standard InChI is InChI=1S/C31H27N3O2/c1-2-3-8-21-22-13-11-19-15-17-6-4-9-24(35)26(17)32-28(19)30(22)34-31-23(21)14-12-20-16-18-7-5-10-25(36)27(18)33-29(20)31/h4-7,9-10,15-16,35-36H,2-3,8,11-14H2,1H3. The lowest BCUT2D eigenvalue weighted by Gasteiger charge is -2.28. The van der Waals surface area contributed by atoms with Gasteiger partial charge in [-0.1, -0.05) is 37.6 Å². The number of hydrogen-bond acceptors (Lipinski definition) is 5. The van der Waals surface area contributed by atoms with Crippen LogP contribution in [0.2, 0.25) is 0 Å². The summed E-state index contributed by atoms with van der Waals surface area (Å²) in [5, 5.41) is 23.0. The monoisotopic (exact) mass is 473 g/mol. The molecule has 7 rings (SSSR count). The fraction of sp³-hybridized carbons (Fsp3) is 0.258. The van der Waals surface area contributed by atoms with Crippen LogP contribution in [-0.4, -0.2) is 25.2 Å². The second-order valence-corrected chi connectivity index (χ2v) is 10.0. The zero-order valence-electron chi connectivity index (χ0n) is 20.3. The highest BCUT2D eigenvalue weighted by molar-refractivity contribution is 5.90. The molecule has 5 nitrogen and oxygen atoms in total. The normalized spacial score (nSPS) is 13.8. The van der Waals surface area contributed by atoms with E-state index in [-0.39, 0.29) is 11.5 Å². The second kappa shape index (κ2) is 8.02. The van der Waals surface area contributed by atoms with Gasteiger partial charge in [-0.15, -0.1) is 0 Å². The predicted octanol–water partition coefficient (Wildman–Crippen LogP) is 6.46. The molecule has 0 saturated heterocycles. The lowest BCUT2D eigenvalue weighted by atomic mass is 9.80. The maximum atomic E-state index is 10.5. The van der Waals surface area contributed by atoms with Crippen LogP contribution in [0.3, 0.4) is 0 Å². The van der Waals surface area contributed by atoms with Crippen LogP contribution in [0, 0.1) is 0 Å². The average molecular weight is 474 g/mol. The third kappa shape index (κ3) is 3.12. The van der Waals surface area contributed by atoms with Gasteiger partial charge in [0.15, 0.2) is 0 Å². The smallest absolute Gasteiger partial charge is 0.141 e. The molecule has 0 atom stereocenters. The molecule has 0 radical (unpaired) electrons. The Morgan fingerprint density at radius 1 is 0.667 bits per heavy atom. The van der Waals surface area contributed by atoms with E-state index < -0.39 is 0 Å². The summed E-state index contributed by atoms with van der Waals surface area (Å²) in [5.41, 5.74) is 11.2. The summed E-state index contributed by atoms with van der Waals surface area (Å²) in [5.74, 6) is 0.390. The third-order valence-electron chi connectivity index (χ3n) is 7.85. The van der Waals surface area contributed by atoms with E-state index in [1.807, 2.05) is 24.3 Å². The van der Waals surface area contributed by atoms with Gasteiger partial charge in [-0.05, 0) is 90.6 Å². The van der Waals surface area contributed by atoms with Gasteiger partial charge in [-0.2, -0.15) is 0 Å². The number of fused-ring (bicyclic) bond motifs is 8. The second-order valence-electron chi connectivity index (χ2n) is 10.0. The molecule has 5 heteroatoms. The minimum atomic E-state index is 0.195. The largest absolute Gasteiger partial charge is 0.506 e. The van der Waals surface area contributed by atoms with Crippen LogP contribution in [0.4, 0.5) is 0 Å². The first-order chi connectivity index (χ1) is 17.6. The van der Waals surface area contributed by atoms with Gasteiger partial charge in [0, 0.05) is 10.8 Å². The van der Waals surface area contributed by atoms with E-state index in [2.05, 4.69) is 19.1 Å². The Kier molecular flexibility index (Phi) is 4.75. The highest BCUT2D eigenvalue weighted by Gasteiger charge is 2.30. The molecule has 178 valence electrons. The zero-order valence-corrected chi connectivity index (χ0v) is 20.3. The summed E-state index contributed by atoms with van der Waals surface area (Å²) >= 11 is 0. The molecule has 0 saturated carbocycles.